The summed E-state index contributed by atoms with van der Waals surface area (Å²) >= 11 is 1.45. The van der Waals surface area contributed by atoms with Gasteiger partial charge in [-0.15, -0.1) is 11.3 Å². The Hall–Kier alpha value is -6.94. The molecule has 1 heterocycles. The Morgan fingerprint density at radius 3 is 1.56 bits per heavy atom. The summed E-state index contributed by atoms with van der Waals surface area (Å²) in [4.78, 5) is 18.0. The number of fused-ring (bicyclic) bond motifs is 2. The van der Waals surface area contributed by atoms with Crippen LogP contribution in [0.15, 0.2) is 169 Å². The van der Waals surface area contributed by atoms with Crippen LogP contribution < -0.4 is 9.80 Å². The zero-order chi connectivity index (χ0) is 37.2. The van der Waals surface area contributed by atoms with Crippen molar-refractivity contribution in [2.75, 3.05) is 9.80 Å². The van der Waals surface area contributed by atoms with Gasteiger partial charge in [-0.25, -0.2) is 4.79 Å². The summed E-state index contributed by atoms with van der Waals surface area (Å²) in [6.45, 7) is 4.19. The van der Waals surface area contributed by atoms with Gasteiger partial charge in [0, 0.05) is 43.3 Å². The van der Waals surface area contributed by atoms with Gasteiger partial charge in [0.15, 0.2) is 0 Å². The molecule has 0 atom stereocenters. The molecule has 0 amide bonds. The van der Waals surface area contributed by atoms with E-state index < -0.39 is 5.97 Å². The first-order chi connectivity index (χ1) is 26.4. The Labute approximate surface area is 318 Å². The molecule has 0 saturated heterocycles. The van der Waals surface area contributed by atoms with E-state index in [0.29, 0.717) is 4.88 Å². The molecule has 7 aromatic carbocycles. The summed E-state index contributed by atoms with van der Waals surface area (Å²) in [7, 11) is 0. The van der Waals surface area contributed by atoms with Crippen molar-refractivity contribution in [3.63, 3.8) is 0 Å². The number of benzene rings is 7. The van der Waals surface area contributed by atoms with Crippen molar-refractivity contribution in [1.29, 1.82) is 5.26 Å². The number of rotatable bonds is 9. The molecule has 0 unspecified atom stereocenters. The van der Waals surface area contributed by atoms with E-state index >= 15 is 0 Å². The third-order valence-electron chi connectivity index (χ3n) is 9.57. The molecule has 54 heavy (non-hydrogen) atoms. The number of carboxylic acid groups (broad SMARTS) is 1. The molecule has 260 valence electrons. The van der Waals surface area contributed by atoms with Gasteiger partial charge in [0.05, 0.1) is 11.4 Å². The van der Waals surface area contributed by atoms with Crippen LogP contribution >= 0.6 is 11.3 Å². The third-order valence-corrected chi connectivity index (χ3v) is 10.6. The summed E-state index contributed by atoms with van der Waals surface area (Å²) in [6.07, 6.45) is 1.44. The second-order valence-corrected chi connectivity index (χ2v) is 14.4. The molecule has 0 fully saturated rings. The van der Waals surface area contributed by atoms with Crippen LogP contribution in [0.1, 0.15) is 16.0 Å². The highest BCUT2D eigenvalue weighted by molar-refractivity contribution is 7.16. The predicted molar refractivity (Wildman–Crippen MR) is 225 cm³/mol. The van der Waals surface area contributed by atoms with Gasteiger partial charge in [-0.2, -0.15) is 5.26 Å². The lowest BCUT2D eigenvalue weighted by Crippen LogP contribution is -2.14. The Morgan fingerprint density at radius 1 is 0.593 bits per heavy atom. The normalized spacial score (nSPS) is 11.4. The van der Waals surface area contributed by atoms with Gasteiger partial charge in [0.2, 0.25) is 0 Å². The smallest absolute Gasteiger partial charge is 0.346 e. The first-order valence-electron chi connectivity index (χ1n) is 17.7. The van der Waals surface area contributed by atoms with E-state index in [2.05, 4.69) is 175 Å². The van der Waals surface area contributed by atoms with E-state index in [1.54, 1.807) is 0 Å². The molecule has 0 bridgehead atoms. The zero-order valence-corrected chi connectivity index (χ0v) is 30.6. The van der Waals surface area contributed by atoms with Crippen LogP contribution in [0.2, 0.25) is 0 Å². The summed E-state index contributed by atoms with van der Waals surface area (Å²) in [5.74, 6) is -1.25. The van der Waals surface area contributed by atoms with Gasteiger partial charge in [-0.1, -0.05) is 108 Å². The van der Waals surface area contributed by atoms with Crippen LogP contribution in [0.4, 0.5) is 34.1 Å². The van der Waals surface area contributed by atoms with Crippen molar-refractivity contribution in [1.82, 2.24) is 0 Å². The monoisotopic (exact) mass is 717 g/mol. The number of carbonyl (C=O) groups is 1. The van der Waals surface area contributed by atoms with Crippen molar-refractivity contribution < 1.29 is 9.90 Å². The maximum absolute atomic E-state index is 11.7. The van der Waals surface area contributed by atoms with Crippen molar-refractivity contribution >= 4 is 79.1 Å². The minimum Gasteiger partial charge on any atom is -0.477 e. The number of hydrogen-bond acceptors (Lipinski definition) is 5. The van der Waals surface area contributed by atoms with E-state index in [1.165, 1.54) is 28.5 Å². The number of anilines is 6. The molecule has 0 saturated carbocycles. The van der Waals surface area contributed by atoms with E-state index in [4.69, 9.17) is 0 Å². The molecule has 0 spiro atoms. The molecule has 1 aromatic heterocycles. The van der Waals surface area contributed by atoms with Crippen LogP contribution in [0.25, 0.3) is 38.1 Å². The third kappa shape index (κ3) is 6.72. The molecular weight excluding hydrogens is 683 g/mol. The quantitative estimate of drug-likeness (QED) is 0.119. The molecule has 6 heteroatoms. The number of thiophene rings is 1. The molecule has 8 aromatic rings. The number of carboxylic acids is 1. The van der Waals surface area contributed by atoms with E-state index in [9.17, 15) is 15.2 Å². The molecule has 0 aliphatic carbocycles. The Balaban J connectivity index is 1.43. The van der Waals surface area contributed by atoms with Gasteiger partial charge in [-0.3, -0.25) is 0 Å². The summed E-state index contributed by atoms with van der Waals surface area (Å²) in [6, 6.07) is 59.2. The van der Waals surface area contributed by atoms with E-state index in [0.717, 1.165) is 66.1 Å². The number of aryl methyl sites for hydroxylation is 2. The first-order valence-corrected chi connectivity index (χ1v) is 18.5. The van der Waals surface area contributed by atoms with Crippen molar-refractivity contribution in [2.24, 2.45) is 0 Å². The maximum atomic E-state index is 11.7. The van der Waals surface area contributed by atoms with Crippen LogP contribution in [0, 0.1) is 25.2 Å². The number of aliphatic carboxylic acids is 1. The molecule has 5 nitrogen and oxygen atoms in total. The second kappa shape index (κ2) is 14.6. The highest BCUT2D eigenvalue weighted by Crippen LogP contribution is 2.46. The molecule has 1 N–H and O–H groups in total. The average molecular weight is 718 g/mol. The SMILES string of the molecule is Cc1ccc(N(c2cc(-c3ccc(/C=C(/C#N)C(=O)O)s3)cc(N(c3ccc(C)cc3)c3cccc4ccccc34)c2)c2cccc3ccccc23)cc1. The van der Waals surface area contributed by atoms with Crippen molar-refractivity contribution in [3.05, 3.63) is 185 Å². The largest absolute Gasteiger partial charge is 0.477 e. The minimum atomic E-state index is -1.25. The molecule has 0 radical (unpaired) electrons. The summed E-state index contributed by atoms with van der Waals surface area (Å²) < 4.78 is 0. The topological polar surface area (TPSA) is 67.6 Å². The van der Waals surface area contributed by atoms with E-state index in [-0.39, 0.29) is 5.57 Å². The summed E-state index contributed by atoms with van der Waals surface area (Å²) in [5, 5.41) is 23.6. The lowest BCUT2D eigenvalue weighted by atomic mass is 10.0. The van der Waals surface area contributed by atoms with Crippen LogP contribution in [0.3, 0.4) is 0 Å². The van der Waals surface area contributed by atoms with Crippen LogP contribution in [0.5, 0.6) is 0 Å². The van der Waals surface area contributed by atoms with Crippen LogP contribution in [-0.4, -0.2) is 11.1 Å². The fraction of sp³-hybridized carbons (Fsp3) is 0.0417. The average Bonchev–Trinajstić information content (AvgIpc) is 3.67. The molecule has 0 aliphatic rings. The zero-order valence-electron chi connectivity index (χ0n) is 29.8. The molecule has 0 aliphatic heterocycles. The number of nitriles is 1. The van der Waals surface area contributed by atoms with Gasteiger partial charge in [-0.05, 0) is 103 Å². The minimum absolute atomic E-state index is 0.305. The van der Waals surface area contributed by atoms with Gasteiger partial charge >= 0.3 is 5.97 Å². The van der Waals surface area contributed by atoms with Gasteiger partial charge < -0.3 is 14.9 Å². The van der Waals surface area contributed by atoms with Gasteiger partial charge in [0.1, 0.15) is 11.6 Å². The van der Waals surface area contributed by atoms with Crippen molar-refractivity contribution in [3.8, 4) is 16.5 Å². The standard InChI is InChI=1S/C48H35N3O2S/c1-32-17-21-38(22-18-32)50(45-15-7-11-34-9-3-5-13-43(34)45)40-27-36(47-26-25-42(54-47)29-37(31-49)48(52)53)28-41(30-40)51(39-23-19-33(2)20-24-39)46-16-8-12-35-10-4-6-14-44(35)46/h3-30H,1-2H3,(H,52,53)/b37-29-. The number of hydrogen-bond donors (Lipinski definition) is 1. The van der Waals surface area contributed by atoms with Crippen LogP contribution in [-0.2, 0) is 4.79 Å². The Bertz CT molecular complexity index is 2580. The predicted octanol–water partition coefficient (Wildman–Crippen LogP) is 13.3. The summed E-state index contributed by atoms with van der Waals surface area (Å²) in [5.41, 5.74) is 9.02. The molecular formula is C48H35N3O2S. The lowest BCUT2D eigenvalue weighted by molar-refractivity contribution is -0.132. The highest BCUT2D eigenvalue weighted by atomic mass is 32.1. The van der Waals surface area contributed by atoms with Gasteiger partial charge in [0.25, 0.3) is 0 Å². The van der Waals surface area contributed by atoms with E-state index in [1.807, 2.05) is 18.2 Å². The Kier molecular flexibility index (Phi) is 9.23. The van der Waals surface area contributed by atoms with Crippen molar-refractivity contribution in [2.45, 2.75) is 13.8 Å². The fourth-order valence-electron chi connectivity index (χ4n) is 6.91. The maximum Gasteiger partial charge on any atom is 0.346 e. The molecule has 8 rings (SSSR count). The highest BCUT2D eigenvalue weighted by Gasteiger charge is 2.22. The Morgan fingerprint density at radius 2 is 1.07 bits per heavy atom. The first kappa shape index (κ1) is 34.2. The number of nitrogens with zero attached hydrogens (tertiary/aromatic N) is 3. The fourth-order valence-corrected chi connectivity index (χ4v) is 7.85. The second-order valence-electron chi connectivity index (χ2n) is 13.3. The lowest BCUT2D eigenvalue weighted by Gasteiger charge is -2.31.